The van der Waals surface area contributed by atoms with Gasteiger partial charge < -0.3 is 14.2 Å². The Kier molecular flexibility index (Phi) is 9.96. The minimum atomic E-state index is -0.250. The van der Waals surface area contributed by atoms with E-state index in [0.29, 0.717) is 46.9 Å². The van der Waals surface area contributed by atoms with Gasteiger partial charge in [0.05, 0.1) is 18.6 Å². The minimum Gasteiger partial charge on any atom is -0.493 e. The summed E-state index contributed by atoms with van der Waals surface area (Å²) in [6.07, 6.45) is 3.35. The zero-order chi connectivity index (χ0) is 26.2. The number of ether oxygens (including phenoxy) is 3. The predicted octanol–water partition coefficient (Wildman–Crippen LogP) is 6.13. The van der Waals surface area contributed by atoms with E-state index in [1.807, 2.05) is 25.1 Å². The van der Waals surface area contributed by atoms with E-state index in [-0.39, 0.29) is 18.3 Å². The molecule has 0 atom stereocenters. The molecule has 0 radical (unpaired) electrons. The number of thiocarbonyl (C=S) groups is 1. The molecule has 2 aromatic rings. The van der Waals surface area contributed by atoms with E-state index >= 15 is 0 Å². The summed E-state index contributed by atoms with van der Waals surface area (Å²) < 4.78 is 17.2. The van der Waals surface area contributed by atoms with E-state index in [0.717, 1.165) is 17.5 Å². The lowest BCUT2D eigenvalue weighted by Gasteiger charge is -2.14. The maximum Gasteiger partial charge on any atom is 0.305 e. The van der Waals surface area contributed by atoms with Gasteiger partial charge in [0.25, 0.3) is 5.91 Å². The Labute approximate surface area is 223 Å². The van der Waals surface area contributed by atoms with Crippen LogP contribution in [0.1, 0.15) is 54.0 Å². The lowest BCUT2D eigenvalue weighted by Crippen LogP contribution is -2.29. The van der Waals surface area contributed by atoms with Gasteiger partial charge >= 0.3 is 5.97 Å². The molecule has 0 saturated carbocycles. The molecule has 1 aliphatic heterocycles. The van der Waals surface area contributed by atoms with Crippen LogP contribution in [0.4, 0.5) is 0 Å². The summed E-state index contributed by atoms with van der Waals surface area (Å²) in [6, 6.07) is 9.91. The highest BCUT2D eigenvalue weighted by Gasteiger charge is 2.31. The topological polar surface area (TPSA) is 65.1 Å². The van der Waals surface area contributed by atoms with E-state index in [1.165, 1.54) is 28.5 Å². The molecular formula is C28H33NO5S2. The van der Waals surface area contributed by atoms with Crippen LogP contribution in [-0.2, 0) is 20.9 Å². The summed E-state index contributed by atoms with van der Waals surface area (Å²) in [5.74, 6) is 0.817. The summed E-state index contributed by atoms with van der Waals surface area (Å²) in [4.78, 5) is 26.7. The normalized spacial score (nSPS) is 14.5. The molecule has 0 N–H and O–H groups in total. The molecule has 0 unspecified atom stereocenters. The van der Waals surface area contributed by atoms with Crippen molar-refractivity contribution in [2.75, 3.05) is 20.3 Å². The summed E-state index contributed by atoms with van der Waals surface area (Å²) in [5.41, 5.74) is 5.62. The van der Waals surface area contributed by atoms with Gasteiger partial charge in [-0.15, -0.1) is 0 Å². The average Bonchev–Trinajstić information content (AvgIpc) is 3.11. The van der Waals surface area contributed by atoms with E-state index in [4.69, 9.17) is 26.4 Å². The fourth-order valence-electron chi connectivity index (χ4n) is 3.74. The smallest absolute Gasteiger partial charge is 0.305 e. The van der Waals surface area contributed by atoms with Crippen LogP contribution in [0.2, 0.25) is 0 Å². The maximum absolute atomic E-state index is 12.9. The third kappa shape index (κ3) is 7.11. The molecule has 1 saturated heterocycles. The van der Waals surface area contributed by atoms with E-state index in [9.17, 15) is 9.59 Å². The first-order valence-corrected chi connectivity index (χ1v) is 13.2. The Bertz CT molecular complexity index is 1170. The first kappa shape index (κ1) is 27.7. The standard InChI is InChI=1S/C28H33NO5S2/c1-6-12-33-26(30)8-7-11-29-27(31)25(36-28(29)35)16-21-9-10-23(24(15-21)32-5)34-17-22-14-19(3)18(2)13-20(22)4/h9-10,13-16H,6-8,11-12,17H2,1-5H3/b25-16+. The van der Waals surface area contributed by atoms with E-state index in [1.54, 1.807) is 18.1 Å². The largest absolute Gasteiger partial charge is 0.493 e. The second kappa shape index (κ2) is 12.9. The van der Waals surface area contributed by atoms with Crippen LogP contribution < -0.4 is 9.47 Å². The Hall–Kier alpha value is -2.84. The third-order valence-corrected chi connectivity index (χ3v) is 7.30. The molecule has 1 amide bonds. The number of thioether (sulfide) groups is 1. The molecule has 8 heteroatoms. The number of nitrogens with zero attached hydrogens (tertiary/aromatic N) is 1. The van der Waals surface area contributed by atoms with Crippen molar-refractivity contribution in [3.63, 3.8) is 0 Å². The molecule has 0 bridgehead atoms. The molecule has 3 rings (SSSR count). The third-order valence-electron chi connectivity index (χ3n) is 5.92. The van der Waals surface area contributed by atoms with Gasteiger partial charge in [-0.2, -0.15) is 0 Å². The van der Waals surface area contributed by atoms with Crippen LogP contribution >= 0.6 is 24.0 Å². The molecular weight excluding hydrogens is 494 g/mol. The van der Waals surface area contributed by atoms with Crippen molar-refractivity contribution in [2.24, 2.45) is 0 Å². The number of hydrogen-bond acceptors (Lipinski definition) is 7. The monoisotopic (exact) mass is 527 g/mol. The highest BCUT2D eigenvalue weighted by molar-refractivity contribution is 8.26. The van der Waals surface area contributed by atoms with Crippen molar-refractivity contribution in [3.05, 3.63) is 63.1 Å². The molecule has 0 aromatic heterocycles. The summed E-state index contributed by atoms with van der Waals surface area (Å²) in [5, 5.41) is 0. The molecule has 192 valence electrons. The Balaban J connectivity index is 1.65. The quantitative estimate of drug-likeness (QED) is 0.198. The van der Waals surface area contributed by atoms with Gasteiger partial charge in [-0.05, 0) is 79.6 Å². The van der Waals surface area contributed by atoms with Gasteiger partial charge in [0.15, 0.2) is 11.5 Å². The van der Waals surface area contributed by atoms with Crippen LogP contribution in [0, 0.1) is 20.8 Å². The zero-order valence-electron chi connectivity index (χ0n) is 21.5. The first-order chi connectivity index (χ1) is 17.2. The van der Waals surface area contributed by atoms with Crippen molar-refractivity contribution >= 4 is 46.3 Å². The number of hydrogen-bond donors (Lipinski definition) is 0. The maximum atomic E-state index is 12.9. The average molecular weight is 528 g/mol. The summed E-state index contributed by atoms with van der Waals surface area (Å²) >= 11 is 6.66. The highest BCUT2D eigenvalue weighted by Crippen LogP contribution is 2.35. The van der Waals surface area contributed by atoms with Gasteiger partial charge in [-0.25, -0.2) is 0 Å². The highest BCUT2D eigenvalue weighted by atomic mass is 32.2. The molecule has 0 aliphatic carbocycles. The number of rotatable bonds is 11. The molecule has 36 heavy (non-hydrogen) atoms. The van der Waals surface area contributed by atoms with Gasteiger partial charge in [0.1, 0.15) is 10.9 Å². The van der Waals surface area contributed by atoms with Crippen LogP contribution in [0.3, 0.4) is 0 Å². The molecule has 2 aromatic carbocycles. The minimum absolute atomic E-state index is 0.156. The molecule has 0 spiro atoms. The van der Waals surface area contributed by atoms with Gasteiger partial charge in [-0.3, -0.25) is 14.5 Å². The number of benzene rings is 2. The van der Waals surface area contributed by atoms with Crippen molar-refractivity contribution in [2.45, 2.75) is 53.6 Å². The number of amides is 1. The lowest BCUT2D eigenvalue weighted by atomic mass is 10.0. The van der Waals surface area contributed by atoms with Crippen LogP contribution in [0.15, 0.2) is 35.2 Å². The van der Waals surface area contributed by atoms with Gasteiger partial charge in [0, 0.05) is 13.0 Å². The van der Waals surface area contributed by atoms with Gasteiger partial charge in [-0.1, -0.05) is 49.1 Å². The first-order valence-electron chi connectivity index (χ1n) is 12.0. The molecule has 6 nitrogen and oxygen atoms in total. The Morgan fingerprint density at radius 1 is 1.08 bits per heavy atom. The number of carbonyl (C=O) groups excluding carboxylic acids is 2. The summed E-state index contributed by atoms with van der Waals surface area (Å²) in [7, 11) is 1.60. The SMILES string of the molecule is CCCOC(=O)CCCN1C(=O)/C(=C\c2ccc(OCc3cc(C)c(C)cc3C)c(OC)c2)SC1=S. The number of aryl methyl sites for hydroxylation is 3. The number of carbonyl (C=O) groups is 2. The fraction of sp³-hybridized carbons (Fsp3) is 0.393. The number of esters is 1. The van der Waals surface area contributed by atoms with Crippen molar-refractivity contribution < 1.29 is 23.8 Å². The van der Waals surface area contributed by atoms with Crippen LogP contribution in [-0.4, -0.2) is 41.4 Å². The second-order valence-electron chi connectivity index (χ2n) is 8.72. The molecule has 1 heterocycles. The van der Waals surface area contributed by atoms with Crippen molar-refractivity contribution in [3.8, 4) is 11.5 Å². The zero-order valence-corrected chi connectivity index (χ0v) is 23.1. The van der Waals surface area contributed by atoms with Crippen LogP contribution in [0.5, 0.6) is 11.5 Å². The van der Waals surface area contributed by atoms with Crippen molar-refractivity contribution in [1.29, 1.82) is 0 Å². The number of methoxy groups -OCH3 is 1. The van der Waals surface area contributed by atoms with Crippen molar-refractivity contribution in [1.82, 2.24) is 4.90 Å². The van der Waals surface area contributed by atoms with E-state index in [2.05, 4.69) is 32.9 Å². The Morgan fingerprint density at radius 3 is 2.56 bits per heavy atom. The fourth-order valence-corrected chi connectivity index (χ4v) is 5.05. The van der Waals surface area contributed by atoms with Gasteiger partial charge in [0.2, 0.25) is 0 Å². The lowest BCUT2D eigenvalue weighted by molar-refractivity contribution is -0.144. The molecule has 1 aliphatic rings. The summed E-state index contributed by atoms with van der Waals surface area (Å²) in [6.45, 7) is 9.47. The van der Waals surface area contributed by atoms with E-state index < -0.39 is 0 Å². The molecule has 1 fully saturated rings. The van der Waals surface area contributed by atoms with Crippen LogP contribution in [0.25, 0.3) is 6.08 Å². The Morgan fingerprint density at radius 2 is 1.83 bits per heavy atom. The second-order valence-corrected chi connectivity index (χ2v) is 10.4. The predicted molar refractivity (Wildman–Crippen MR) is 148 cm³/mol.